The quantitative estimate of drug-likeness (QED) is 0.841. The van der Waals surface area contributed by atoms with Crippen LogP contribution in [0.3, 0.4) is 0 Å². The summed E-state index contributed by atoms with van der Waals surface area (Å²) in [6, 6.07) is 7.95. The van der Waals surface area contributed by atoms with Gasteiger partial charge in [0.1, 0.15) is 5.75 Å². The average Bonchev–Trinajstić information content (AvgIpc) is 2.58. The summed E-state index contributed by atoms with van der Waals surface area (Å²) in [4.78, 5) is 15.0. The highest BCUT2D eigenvalue weighted by atomic mass is 16.5. The van der Waals surface area contributed by atoms with Crippen LogP contribution in [0, 0.1) is 0 Å². The van der Waals surface area contributed by atoms with Crippen LogP contribution in [0.4, 0.5) is 0 Å². The van der Waals surface area contributed by atoms with Crippen LogP contribution in [-0.2, 0) is 0 Å². The van der Waals surface area contributed by atoms with Crippen molar-refractivity contribution in [1.29, 1.82) is 0 Å². The Bertz CT molecular complexity index is 470. The second-order valence-corrected chi connectivity index (χ2v) is 5.86. The van der Waals surface area contributed by atoms with Crippen LogP contribution in [0.25, 0.3) is 0 Å². The van der Waals surface area contributed by atoms with Crippen LogP contribution < -0.4 is 10.1 Å². The van der Waals surface area contributed by atoms with Crippen molar-refractivity contribution in [2.75, 3.05) is 26.2 Å². The molecule has 1 amide bonds. The van der Waals surface area contributed by atoms with Crippen LogP contribution in [0.15, 0.2) is 24.3 Å². The van der Waals surface area contributed by atoms with E-state index in [0.29, 0.717) is 12.6 Å². The van der Waals surface area contributed by atoms with Gasteiger partial charge in [0.2, 0.25) is 0 Å². The van der Waals surface area contributed by atoms with Gasteiger partial charge in [0.05, 0.1) is 6.61 Å². The first kappa shape index (κ1) is 16.8. The Hall–Kier alpha value is -1.55. The molecule has 22 heavy (non-hydrogen) atoms. The summed E-state index contributed by atoms with van der Waals surface area (Å²) in [7, 11) is 0. The molecule has 0 bridgehead atoms. The van der Waals surface area contributed by atoms with E-state index in [4.69, 9.17) is 4.74 Å². The summed E-state index contributed by atoms with van der Waals surface area (Å²) >= 11 is 0. The Morgan fingerprint density at radius 1 is 1.27 bits per heavy atom. The number of carbonyl (C=O) groups excluding carboxylic acids is 1. The van der Waals surface area contributed by atoms with Crippen LogP contribution in [0.5, 0.6) is 5.75 Å². The number of piperidine rings is 1. The molecule has 122 valence electrons. The first-order valence-electron chi connectivity index (χ1n) is 8.50. The Balaban J connectivity index is 2.11. The third kappa shape index (κ3) is 4.47. The number of nitrogens with zero attached hydrogens (tertiary/aromatic N) is 1. The van der Waals surface area contributed by atoms with E-state index in [0.717, 1.165) is 56.6 Å². The molecule has 1 aliphatic heterocycles. The fourth-order valence-corrected chi connectivity index (χ4v) is 2.91. The molecule has 0 atom stereocenters. The highest BCUT2D eigenvalue weighted by Crippen LogP contribution is 2.19. The van der Waals surface area contributed by atoms with Crippen molar-refractivity contribution in [3.8, 4) is 5.75 Å². The number of hydrogen-bond donors (Lipinski definition) is 1. The molecule has 0 spiro atoms. The molecule has 1 N–H and O–H groups in total. The molecule has 2 rings (SSSR count). The van der Waals surface area contributed by atoms with E-state index < -0.39 is 0 Å². The number of hydrogen-bond acceptors (Lipinski definition) is 3. The van der Waals surface area contributed by atoms with Crippen molar-refractivity contribution in [1.82, 2.24) is 10.2 Å². The maximum Gasteiger partial charge on any atom is 0.254 e. The van der Waals surface area contributed by atoms with Crippen LogP contribution in [0.1, 0.15) is 49.9 Å². The Kier molecular flexibility index (Phi) is 6.72. The molecular formula is C18H28N2O2. The van der Waals surface area contributed by atoms with E-state index in [1.165, 1.54) is 0 Å². The highest BCUT2D eigenvalue weighted by Gasteiger charge is 2.25. The van der Waals surface area contributed by atoms with Crippen molar-refractivity contribution in [3.63, 3.8) is 0 Å². The molecular weight excluding hydrogens is 276 g/mol. The zero-order valence-corrected chi connectivity index (χ0v) is 13.8. The molecule has 0 radical (unpaired) electrons. The minimum Gasteiger partial charge on any atom is -0.494 e. The predicted molar refractivity (Wildman–Crippen MR) is 89.4 cm³/mol. The molecule has 4 nitrogen and oxygen atoms in total. The third-order valence-electron chi connectivity index (χ3n) is 4.03. The summed E-state index contributed by atoms with van der Waals surface area (Å²) in [5.41, 5.74) is 0.737. The minimum absolute atomic E-state index is 0.135. The minimum atomic E-state index is 0.135. The number of ether oxygens (including phenoxy) is 1. The van der Waals surface area contributed by atoms with Gasteiger partial charge < -0.3 is 15.0 Å². The topological polar surface area (TPSA) is 41.6 Å². The third-order valence-corrected chi connectivity index (χ3v) is 4.03. The molecule has 1 aliphatic rings. The van der Waals surface area contributed by atoms with E-state index in [-0.39, 0.29) is 5.91 Å². The monoisotopic (exact) mass is 304 g/mol. The summed E-state index contributed by atoms with van der Waals surface area (Å²) in [6.45, 7) is 7.71. The lowest BCUT2D eigenvalue weighted by atomic mass is 10.0. The number of nitrogens with one attached hydrogen (secondary N) is 1. The number of benzene rings is 1. The Labute approximate surface area is 133 Å². The Morgan fingerprint density at radius 2 is 2.05 bits per heavy atom. The maximum atomic E-state index is 12.9. The summed E-state index contributed by atoms with van der Waals surface area (Å²) in [5.74, 6) is 0.921. The molecule has 1 heterocycles. The number of amides is 1. The lowest BCUT2D eigenvalue weighted by molar-refractivity contribution is 0.0642. The number of rotatable bonds is 7. The lowest BCUT2D eigenvalue weighted by Gasteiger charge is -2.34. The first-order valence-corrected chi connectivity index (χ1v) is 8.50. The van der Waals surface area contributed by atoms with E-state index in [1.807, 2.05) is 24.3 Å². The molecule has 4 heteroatoms. The normalized spacial score (nSPS) is 15.5. The van der Waals surface area contributed by atoms with Gasteiger partial charge in [-0.2, -0.15) is 0 Å². The van der Waals surface area contributed by atoms with E-state index in [2.05, 4.69) is 24.1 Å². The second-order valence-electron chi connectivity index (χ2n) is 5.86. The SMILES string of the molecule is CCCOc1cccc(C(=O)N(CCC)C2CCNCC2)c1. The van der Waals surface area contributed by atoms with Gasteiger partial charge in [-0.15, -0.1) is 0 Å². The van der Waals surface area contributed by atoms with Gasteiger partial charge in [0, 0.05) is 18.2 Å². The van der Waals surface area contributed by atoms with Gasteiger partial charge in [-0.3, -0.25) is 4.79 Å². The van der Waals surface area contributed by atoms with Crippen LogP contribution in [-0.4, -0.2) is 43.1 Å². The summed E-state index contributed by atoms with van der Waals surface area (Å²) in [5, 5.41) is 3.36. The average molecular weight is 304 g/mol. The van der Waals surface area contributed by atoms with Crippen molar-refractivity contribution in [3.05, 3.63) is 29.8 Å². The molecule has 1 saturated heterocycles. The largest absolute Gasteiger partial charge is 0.494 e. The summed E-state index contributed by atoms with van der Waals surface area (Å²) in [6.07, 6.45) is 4.03. The lowest BCUT2D eigenvalue weighted by Crippen LogP contribution is -2.46. The highest BCUT2D eigenvalue weighted by molar-refractivity contribution is 5.94. The zero-order chi connectivity index (χ0) is 15.8. The second kappa shape index (κ2) is 8.79. The van der Waals surface area contributed by atoms with Crippen molar-refractivity contribution in [2.24, 2.45) is 0 Å². The van der Waals surface area contributed by atoms with Gasteiger partial charge in [-0.25, -0.2) is 0 Å². The van der Waals surface area contributed by atoms with E-state index in [9.17, 15) is 4.79 Å². The van der Waals surface area contributed by atoms with Gasteiger partial charge in [-0.1, -0.05) is 19.9 Å². The van der Waals surface area contributed by atoms with Crippen LogP contribution >= 0.6 is 0 Å². The molecule has 0 aromatic heterocycles. The standard InChI is InChI=1S/C18H28N2O2/c1-3-12-20(16-8-10-19-11-9-16)18(21)15-6-5-7-17(14-15)22-13-4-2/h5-7,14,16,19H,3-4,8-13H2,1-2H3. The predicted octanol–water partition coefficient (Wildman–Crippen LogP) is 3.08. The smallest absolute Gasteiger partial charge is 0.254 e. The van der Waals surface area contributed by atoms with Crippen molar-refractivity contribution in [2.45, 2.75) is 45.6 Å². The summed E-state index contributed by atoms with van der Waals surface area (Å²) < 4.78 is 5.65. The van der Waals surface area contributed by atoms with Gasteiger partial charge in [0.25, 0.3) is 5.91 Å². The van der Waals surface area contributed by atoms with Gasteiger partial charge in [-0.05, 0) is 57.0 Å². The Morgan fingerprint density at radius 3 is 2.73 bits per heavy atom. The first-order chi connectivity index (χ1) is 10.8. The zero-order valence-electron chi connectivity index (χ0n) is 13.8. The van der Waals surface area contributed by atoms with Crippen molar-refractivity contribution >= 4 is 5.91 Å². The maximum absolute atomic E-state index is 12.9. The van der Waals surface area contributed by atoms with E-state index in [1.54, 1.807) is 0 Å². The molecule has 0 saturated carbocycles. The molecule has 1 fully saturated rings. The molecule has 0 unspecified atom stereocenters. The van der Waals surface area contributed by atoms with Crippen LogP contribution in [0.2, 0.25) is 0 Å². The fraction of sp³-hybridized carbons (Fsp3) is 0.611. The molecule has 1 aromatic rings. The van der Waals surface area contributed by atoms with Crippen molar-refractivity contribution < 1.29 is 9.53 Å². The van der Waals surface area contributed by atoms with Gasteiger partial charge in [0.15, 0.2) is 0 Å². The fourth-order valence-electron chi connectivity index (χ4n) is 2.91. The van der Waals surface area contributed by atoms with Gasteiger partial charge >= 0.3 is 0 Å². The molecule has 1 aromatic carbocycles. The molecule has 0 aliphatic carbocycles. The van der Waals surface area contributed by atoms with E-state index >= 15 is 0 Å². The number of carbonyl (C=O) groups is 1.